The van der Waals surface area contributed by atoms with Gasteiger partial charge in [-0.3, -0.25) is 0 Å². The lowest BCUT2D eigenvalue weighted by atomic mass is 9.73. The molecule has 3 aliphatic rings. The molecule has 0 aromatic heterocycles. The number of likely N-dealkylation sites (tertiary alicyclic amines) is 1. The van der Waals surface area contributed by atoms with E-state index in [-0.39, 0.29) is 29.9 Å². The predicted molar refractivity (Wildman–Crippen MR) is 119 cm³/mol. The number of guanidine groups is 1. The largest absolute Gasteiger partial charge is 0.356 e. The van der Waals surface area contributed by atoms with Crippen molar-refractivity contribution in [1.29, 1.82) is 0 Å². The number of aliphatic imine (C=N–C) groups is 1. The van der Waals surface area contributed by atoms with Crippen LogP contribution in [-0.4, -0.2) is 57.0 Å². The molecule has 0 radical (unpaired) electrons. The first-order chi connectivity index (χ1) is 11.9. The van der Waals surface area contributed by atoms with Gasteiger partial charge in [-0.2, -0.15) is 0 Å². The Morgan fingerprint density at radius 2 is 2.00 bits per heavy atom. The third-order valence-electron chi connectivity index (χ3n) is 6.03. The molecule has 150 valence electrons. The molecule has 7 heteroatoms. The average Bonchev–Trinajstić information content (AvgIpc) is 3.11. The second-order valence-electron chi connectivity index (χ2n) is 8.48. The zero-order valence-electron chi connectivity index (χ0n) is 16.0. The van der Waals surface area contributed by atoms with Crippen LogP contribution in [0.5, 0.6) is 0 Å². The Hall–Kier alpha value is -0.310. The summed E-state index contributed by atoms with van der Waals surface area (Å²) in [6.45, 7) is 9.45. The summed E-state index contributed by atoms with van der Waals surface area (Å²) in [7, 11) is -2.82. The summed E-state index contributed by atoms with van der Waals surface area (Å²) in [4.78, 5) is 7.16. The molecule has 26 heavy (non-hydrogen) atoms. The van der Waals surface area contributed by atoms with Crippen molar-refractivity contribution in [3.63, 3.8) is 0 Å². The Balaban J connectivity index is 0.00000243. The molecule has 1 unspecified atom stereocenters. The van der Waals surface area contributed by atoms with E-state index in [4.69, 9.17) is 4.99 Å². The van der Waals surface area contributed by atoms with Gasteiger partial charge >= 0.3 is 0 Å². The molecule has 0 amide bonds. The maximum absolute atomic E-state index is 11.7. The van der Waals surface area contributed by atoms with Crippen molar-refractivity contribution in [3.05, 3.63) is 12.2 Å². The molecule has 1 spiro atoms. The molecule has 2 aliphatic heterocycles. The molecule has 0 aromatic rings. The minimum absolute atomic E-state index is 0. The predicted octanol–water partition coefficient (Wildman–Crippen LogP) is 3.22. The van der Waals surface area contributed by atoms with Crippen LogP contribution in [-0.2, 0) is 9.84 Å². The van der Waals surface area contributed by atoms with Crippen LogP contribution >= 0.6 is 24.0 Å². The molecule has 1 saturated carbocycles. The minimum atomic E-state index is -2.82. The van der Waals surface area contributed by atoms with Gasteiger partial charge in [0.1, 0.15) is 0 Å². The summed E-state index contributed by atoms with van der Waals surface area (Å²) in [6, 6.07) is 0. The van der Waals surface area contributed by atoms with Crippen molar-refractivity contribution in [2.75, 3.05) is 37.7 Å². The van der Waals surface area contributed by atoms with E-state index >= 15 is 0 Å². The van der Waals surface area contributed by atoms with E-state index in [0.717, 1.165) is 31.0 Å². The summed E-state index contributed by atoms with van der Waals surface area (Å²) in [5.74, 6) is 1.82. The lowest BCUT2D eigenvalue weighted by Gasteiger charge is -2.33. The highest BCUT2D eigenvalue weighted by Gasteiger charge is 2.40. The highest BCUT2D eigenvalue weighted by molar-refractivity contribution is 14.0. The number of sulfone groups is 1. The highest BCUT2D eigenvalue weighted by Crippen LogP contribution is 2.43. The molecular formula is C19H34IN3O2S. The molecule has 0 bridgehead atoms. The number of halogens is 1. The third kappa shape index (κ3) is 5.84. The molecule has 3 rings (SSSR count). The van der Waals surface area contributed by atoms with Gasteiger partial charge in [-0.05, 0) is 43.9 Å². The van der Waals surface area contributed by atoms with Gasteiger partial charge in [0.15, 0.2) is 15.8 Å². The van der Waals surface area contributed by atoms with Gasteiger partial charge in [-0.15, -0.1) is 24.0 Å². The highest BCUT2D eigenvalue weighted by atomic mass is 127. The maximum Gasteiger partial charge on any atom is 0.194 e. The molecule has 1 atom stereocenters. The van der Waals surface area contributed by atoms with Crippen molar-refractivity contribution in [2.24, 2.45) is 16.3 Å². The van der Waals surface area contributed by atoms with Gasteiger partial charge in [0.25, 0.3) is 0 Å². The van der Waals surface area contributed by atoms with E-state index in [9.17, 15) is 8.42 Å². The number of nitrogens with zero attached hydrogens (tertiary/aromatic N) is 2. The third-order valence-corrected chi connectivity index (χ3v) is 7.86. The Morgan fingerprint density at radius 1 is 1.27 bits per heavy atom. The fourth-order valence-corrected chi connectivity index (χ4v) is 6.43. The van der Waals surface area contributed by atoms with Gasteiger partial charge in [-0.25, -0.2) is 13.4 Å². The molecule has 1 N–H and O–H groups in total. The van der Waals surface area contributed by atoms with Crippen LogP contribution in [0.2, 0.25) is 0 Å². The van der Waals surface area contributed by atoms with E-state index in [1.54, 1.807) is 0 Å². The van der Waals surface area contributed by atoms with Crippen LogP contribution in [0.1, 0.15) is 51.9 Å². The van der Waals surface area contributed by atoms with Crippen molar-refractivity contribution < 1.29 is 8.42 Å². The normalized spacial score (nSPS) is 27.3. The van der Waals surface area contributed by atoms with Crippen molar-refractivity contribution in [2.45, 2.75) is 51.9 Å². The number of hydrogen-bond donors (Lipinski definition) is 1. The molecular weight excluding hydrogens is 461 g/mol. The lowest BCUT2D eigenvalue weighted by molar-refractivity contribution is 0.203. The first-order valence-corrected chi connectivity index (χ1v) is 11.6. The van der Waals surface area contributed by atoms with Crippen molar-refractivity contribution in [1.82, 2.24) is 10.2 Å². The van der Waals surface area contributed by atoms with E-state index in [1.165, 1.54) is 38.5 Å². The van der Waals surface area contributed by atoms with E-state index in [2.05, 4.69) is 16.8 Å². The molecule has 5 nitrogen and oxygen atoms in total. The van der Waals surface area contributed by atoms with Crippen LogP contribution in [0.4, 0.5) is 0 Å². The van der Waals surface area contributed by atoms with E-state index in [0.29, 0.717) is 30.0 Å². The summed E-state index contributed by atoms with van der Waals surface area (Å²) >= 11 is 0. The van der Waals surface area contributed by atoms with E-state index in [1.807, 2.05) is 6.92 Å². The van der Waals surface area contributed by atoms with Crippen LogP contribution in [0.3, 0.4) is 0 Å². The summed E-state index contributed by atoms with van der Waals surface area (Å²) in [6.07, 6.45) is 8.83. The zero-order valence-corrected chi connectivity index (χ0v) is 19.2. The molecule has 3 fully saturated rings. The average molecular weight is 495 g/mol. The standard InChI is InChI=1S/C19H33N3O2S.HI/c1-16(2)12-20-18(21-13-17-6-11-25(23,24)14-17)22-10-9-19(15-22)7-4-3-5-8-19;/h17H,1,3-15H2,2H3,(H,20,21);1H. The van der Waals surface area contributed by atoms with Gasteiger partial charge in [0.2, 0.25) is 0 Å². The Labute approximate surface area is 176 Å². The zero-order chi connectivity index (χ0) is 17.9. The molecule has 2 saturated heterocycles. The van der Waals surface area contributed by atoms with Crippen LogP contribution in [0, 0.1) is 11.3 Å². The van der Waals surface area contributed by atoms with Crippen molar-refractivity contribution in [3.8, 4) is 0 Å². The lowest BCUT2D eigenvalue weighted by Crippen LogP contribution is -2.43. The maximum atomic E-state index is 11.7. The fraction of sp³-hybridized carbons (Fsp3) is 0.842. The quantitative estimate of drug-likeness (QED) is 0.282. The summed E-state index contributed by atoms with van der Waals surface area (Å²) in [5.41, 5.74) is 1.54. The molecule has 1 aliphatic carbocycles. The minimum Gasteiger partial charge on any atom is -0.356 e. The first kappa shape index (κ1) is 22.0. The summed E-state index contributed by atoms with van der Waals surface area (Å²) in [5, 5.41) is 3.49. The Morgan fingerprint density at radius 3 is 2.62 bits per heavy atom. The van der Waals surface area contributed by atoms with Gasteiger partial charge in [0, 0.05) is 19.6 Å². The monoisotopic (exact) mass is 495 g/mol. The Bertz CT molecular complexity index is 627. The van der Waals surface area contributed by atoms with Gasteiger partial charge in [-0.1, -0.05) is 31.4 Å². The van der Waals surface area contributed by atoms with Gasteiger partial charge < -0.3 is 10.2 Å². The van der Waals surface area contributed by atoms with Gasteiger partial charge in [0.05, 0.1) is 18.1 Å². The number of hydrogen-bond acceptors (Lipinski definition) is 3. The van der Waals surface area contributed by atoms with Crippen LogP contribution in [0.15, 0.2) is 17.1 Å². The number of rotatable bonds is 4. The smallest absolute Gasteiger partial charge is 0.194 e. The molecule has 2 heterocycles. The SMILES string of the molecule is C=C(C)CN=C(NCC1CCS(=O)(=O)C1)N1CCC2(CCCCC2)C1.I. The first-order valence-electron chi connectivity index (χ1n) is 9.76. The van der Waals surface area contributed by atoms with Crippen LogP contribution < -0.4 is 5.32 Å². The van der Waals surface area contributed by atoms with E-state index < -0.39 is 9.84 Å². The fourth-order valence-electron chi connectivity index (χ4n) is 4.57. The number of nitrogens with one attached hydrogen (secondary N) is 1. The summed E-state index contributed by atoms with van der Waals surface area (Å²) < 4.78 is 23.4. The van der Waals surface area contributed by atoms with Crippen molar-refractivity contribution >= 4 is 39.8 Å². The second kappa shape index (κ2) is 9.26. The second-order valence-corrected chi connectivity index (χ2v) is 10.7. The Kier molecular flexibility index (Phi) is 7.83. The molecule has 0 aromatic carbocycles. The van der Waals surface area contributed by atoms with Crippen LogP contribution in [0.25, 0.3) is 0 Å². The topological polar surface area (TPSA) is 61.8 Å².